The number of esters is 1. The highest BCUT2D eigenvalue weighted by Gasteiger charge is 2.41. The first-order chi connectivity index (χ1) is 19.1. The molecule has 1 aliphatic heterocycles. The first-order valence-electron chi connectivity index (χ1n) is 12.7. The number of hydrogen-bond acceptors (Lipinski definition) is 8. The van der Waals surface area contributed by atoms with Gasteiger partial charge in [0.2, 0.25) is 5.88 Å². The number of carbonyl (C=O) groups is 2. The maximum Gasteiger partial charge on any atom is 0.342 e. The molecule has 9 heteroatoms. The number of Topliss-reactive ketones (excluding diaryl/α,β-unsaturated/α-hetero) is 1. The van der Waals surface area contributed by atoms with E-state index in [9.17, 15) is 24.6 Å². The van der Waals surface area contributed by atoms with Gasteiger partial charge in [0.05, 0.1) is 23.4 Å². The smallest absolute Gasteiger partial charge is 0.342 e. The monoisotopic (exact) mass is 540 g/mol. The van der Waals surface area contributed by atoms with E-state index in [1.807, 2.05) is 30.3 Å². The predicted molar refractivity (Wildman–Crippen MR) is 149 cm³/mol. The summed E-state index contributed by atoms with van der Waals surface area (Å²) >= 11 is 0. The summed E-state index contributed by atoms with van der Waals surface area (Å²) in [7, 11) is 0. The number of carbonyl (C=O) groups excluding carboxylic acids is 2. The largest absolute Gasteiger partial charge is 0.494 e. The second kappa shape index (κ2) is 10.3. The standard InChI is InChI=1S/C31H28N2O7/c1-16-13-23(35)21-11-8-12-22(29(21)39-16)28-26(19(4)34)17(2)32-18(3)27(28)31(38)40-24-14-25(36)33(30(24)37)15-20-9-6-5-7-10-20/h5-14,26,28,36-37H,15H2,1-4H3/t26?,28-/m1/s1. The summed E-state index contributed by atoms with van der Waals surface area (Å²) in [6.07, 6.45) is 0. The van der Waals surface area contributed by atoms with Crippen molar-refractivity contribution in [2.75, 3.05) is 0 Å². The third-order valence-corrected chi connectivity index (χ3v) is 7.13. The van der Waals surface area contributed by atoms with E-state index in [1.54, 1.807) is 39.0 Å². The summed E-state index contributed by atoms with van der Waals surface area (Å²) in [6.45, 7) is 6.56. The normalized spacial score (nSPS) is 17.1. The molecule has 0 saturated heterocycles. The Morgan fingerprint density at radius 3 is 2.45 bits per heavy atom. The molecule has 1 aliphatic rings. The molecule has 2 aromatic heterocycles. The van der Waals surface area contributed by atoms with Crippen molar-refractivity contribution in [2.45, 2.75) is 40.2 Å². The number of para-hydroxylation sites is 1. The zero-order chi connectivity index (χ0) is 28.7. The number of allylic oxidation sites excluding steroid dienone is 1. The Morgan fingerprint density at radius 1 is 1.02 bits per heavy atom. The van der Waals surface area contributed by atoms with E-state index in [4.69, 9.17) is 9.15 Å². The highest BCUT2D eigenvalue weighted by atomic mass is 16.5. The first-order valence-corrected chi connectivity index (χ1v) is 12.7. The van der Waals surface area contributed by atoms with Crippen molar-refractivity contribution < 1.29 is 29.0 Å². The van der Waals surface area contributed by atoms with E-state index in [-0.39, 0.29) is 40.5 Å². The van der Waals surface area contributed by atoms with Crippen LogP contribution in [0.15, 0.2) is 86.1 Å². The third kappa shape index (κ3) is 4.70. The Labute approximate surface area is 229 Å². The number of aliphatic imine (C=N–C) groups is 1. The van der Waals surface area contributed by atoms with Gasteiger partial charge in [-0.3, -0.25) is 19.1 Å². The Hall–Kier alpha value is -4.92. The number of aromatic hydroxyl groups is 2. The molecule has 0 amide bonds. The highest BCUT2D eigenvalue weighted by Crippen LogP contribution is 2.43. The lowest BCUT2D eigenvalue weighted by Crippen LogP contribution is -2.35. The van der Waals surface area contributed by atoms with Gasteiger partial charge in [0.25, 0.3) is 0 Å². The molecule has 204 valence electrons. The summed E-state index contributed by atoms with van der Waals surface area (Å²) in [4.78, 5) is 43.9. The van der Waals surface area contributed by atoms with Crippen molar-refractivity contribution in [2.24, 2.45) is 10.9 Å². The second-order valence-electron chi connectivity index (χ2n) is 9.92. The number of benzene rings is 2. The van der Waals surface area contributed by atoms with E-state index in [2.05, 4.69) is 4.99 Å². The number of nitrogens with zero attached hydrogens (tertiary/aromatic N) is 2. The molecule has 2 N–H and O–H groups in total. The average molecular weight is 541 g/mol. The van der Waals surface area contributed by atoms with Crippen molar-refractivity contribution in [1.82, 2.24) is 4.57 Å². The fourth-order valence-corrected chi connectivity index (χ4v) is 5.38. The van der Waals surface area contributed by atoms with Crippen LogP contribution < -0.4 is 10.2 Å². The van der Waals surface area contributed by atoms with Crippen LogP contribution in [0.25, 0.3) is 11.0 Å². The topological polar surface area (TPSA) is 131 Å². The Bertz CT molecular complexity index is 1780. The second-order valence-corrected chi connectivity index (χ2v) is 9.92. The minimum Gasteiger partial charge on any atom is -0.494 e. The third-order valence-electron chi connectivity index (χ3n) is 7.13. The molecule has 0 saturated carbocycles. The van der Waals surface area contributed by atoms with Gasteiger partial charge in [-0.2, -0.15) is 0 Å². The van der Waals surface area contributed by atoms with Crippen molar-refractivity contribution in [3.05, 3.63) is 99.0 Å². The van der Waals surface area contributed by atoms with E-state index in [0.717, 1.165) is 11.6 Å². The molecule has 2 aromatic carbocycles. The van der Waals surface area contributed by atoms with Crippen LogP contribution in [0, 0.1) is 12.8 Å². The maximum absolute atomic E-state index is 13.8. The number of hydrogen-bond donors (Lipinski definition) is 2. The van der Waals surface area contributed by atoms with Crippen molar-refractivity contribution in [1.29, 1.82) is 0 Å². The van der Waals surface area contributed by atoms with Crippen LogP contribution in [-0.2, 0) is 16.1 Å². The van der Waals surface area contributed by atoms with Crippen LogP contribution in [0.1, 0.15) is 43.6 Å². The van der Waals surface area contributed by atoms with Crippen LogP contribution in [0.5, 0.6) is 17.5 Å². The summed E-state index contributed by atoms with van der Waals surface area (Å²) in [5, 5.41) is 21.6. The molecule has 3 heterocycles. The van der Waals surface area contributed by atoms with E-state index in [0.29, 0.717) is 28.1 Å². The molecule has 0 radical (unpaired) electrons. The zero-order valence-corrected chi connectivity index (χ0v) is 22.5. The number of aromatic nitrogens is 1. The van der Waals surface area contributed by atoms with Crippen LogP contribution >= 0.6 is 0 Å². The average Bonchev–Trinajstić information content (AvgIpc) is 3.15. The summed E-state index contributed by atoms with van der Waals surface area (Å²) in [6, 6.07) is 16.7. The lowest BCUT2D eigenvalue weighted by Gasteiger charge is -2.31. The van der Waals surface area contributed by atoms with Gasteiger partial charge in [-0.05, 0) is 39.3 Å². The van der Waals surface area contributed by atoms with Gasteiger partial charge in [0.15, 0.2) is 17.1 Å². The van der Waals surface area contributed by atoms with Crippen molar-refractivity contribution in [3.63, 3.8) is 0 Å². The summed E-state index contributed by atoms with van der Waals surface area (Å²) in [5.41, 5.74) is 2.22. The molecule has 2 atom stereocenters. The molecular weight excluding hydrogens is 512 g/mol. The Morgan fingerprint density at radius 2 is 1.75 bits per heavy atom. The van der Waals surface area contributed by atoms with Crippen molar-refractivity contribution in [3.8, 4) is 17.5 Å². The van der Waals surface area contributed by atoms with Crippen LogP contribution in [0.3, 0.4) is 0 Å². The molecule has 1 unspecified atom stereocenters. The molecule has 0 fully saturated rings. The quantitative estimate of drug-likeness (QED) is 0.329. The lowest BCUT2D eigenvalue weighted by atomic mass is 9.73. The molecule has 0 bridgehead atoms. The molecule has 0 aliphatic carbocycles. The number of ether oxygens (including phenoxy) is 1. The Kier molecular flexibility index (Phi) is 6.89. The summed E-state index contributed by atoms with van der Waals surface area (Å²) in [5.74, 6) is -3.38. The molecule has 5 rings (SSSR count). The molecule has 9 nitrogen and oxygen atoms in total. The molecule has 4 aromatic rings. The maximum atomic E-state index is 13.8. The fraction of sp³-hybridized carbons (Fsp3) is 0.226. The lowest BCUT2D eigenvalue weighted by molar-refractivity contribution is -0.130. The minimum atomic E-state index is -0.877. The van der Waals surface area contributed by atoms with E-state index < -0.39 is 23.7 Å². The molecule has 0 spiro atoms. The van der Waals surface area contributed by atoms with Crippen LogP contribution in [0.2, 0.25) is 0 Å². The molecular formula is C31H28N2O7. The number of aryl methyl sites for hydroxylation is 1. The highest BCUT2D eigenvalue weighted by molar-refractivity contribution is 6.09. The van der Waals surface area contributed by atoms with Gasteiger partial charge in [-0.15, -0.1) is 0 Å². The number of rotatable bonds is 6. The Balaban J connectivity index is 1.60. The molecule has 40 heavy (non-hydrogen) atoms. The van der Waals surface area contributed by atoms with Gasteiger partial charge in [0, 0.05) is 35.0 Å². The van der Waals surface area contributed by atoms with E-state index in [1.165, 1.54) is 17.6 Å². The van der Waals surface area contributed by atoms with Crippen molar-refractivity contribution >= 4 is 28.4 Å². The summed E-state index contributed by atoms with van der Waals surface area (Å²) < 4.78 is 12.8. The number of fused-ring (bicyclic) bond motifs is 1. The van der Waals surface area contributed by atoms with Gasteiger partial charge in [-0.1, -0.05) is 42.5 Å². The van der Waals surface area contributed by atoms with Gasteiger partial charge < -0.3 is 19.4 Å². The SMILES string of the molecule is CC(=O)C1C(C)=NC(C)=C(C(=O)Oc2cc(O)n(Cc3ccccc3)c2O)[C@@H]1c1cccc2c(=O)cc(C)oc12. The van der Waals surface area contributed by atoms with E-state index >= 15 is 0 Å². The van der Waals surface area contributed by atoms with Gasteiger partial charge >= 0.3 is 5.97 Å². The van der Waals surface area contributed by atoms with Crippen LogP contribution in [0.4, 0.5) is 0 Å². The van der Waals surface area contributed by atoms with Gasteiger partial charge in [0.1, 0.15) is 17.1 Å². The number of ketones is 1. The fourth-order valence-electron chi connectivity index (χ4n) is 5.38. The van der Waals surface area contributed by atoms with Crippen LogP contribution in [-0.4, -0.2) is 32.2 Å². The zero-order valence-electron chi connectivity index (χ0n) is 22.5. The first kappa shape index (κ1) is 26.7. The predicted octanol–water partition coefficient (Wildman–Crippen LogP) is 5.01. The minimum absolute atomic E-state index is 0.0807. The van der Waals surface area contributed by atoms with Gasteiger partial charge in [-0.25, -0.2) is 4.79 Å².